The molecule has 1 amide bonds. The van der Waals surface area contributed by atoms with E-state index in [1.807, 2.05) is 18.2 Å². The average Bonchev–Trinajstić information content (AvgIpc) is 2.38. The van der Waals surface area contributed by atoms with E-state index in [1.54, 1.807) is 0 Å². The molecule has 0 aromatic heterocycles. The number of carbonyl (C=O) groups is 1. The minimum Gasteiger partial charge on any atom is -0.370 e. The fourth-order valence-corrected chi connectivity index (χ4v) is 2.67. The van der Waals surface area contributed by atoms with Crippen molar-refractivity contribution in [3.63, 3.8) is 0 Å². The number of amides is 1. The summed E-state index contributed by atoms with van der Waals surface area (Å²) in [5.41, 5.74) is 2.13. The minimum atomic E-state index is 0.0180. The van der Waals surface area contributed by atoms with Crippen LogP contribution in [0.3, 0.4) is 0 Å². The van der Waals surface area contributed by atoms with Gasteiger partial charge in [-0.3, -0.25) is 4.79 Å². The Hall–Kier alpha value is -1.51. The molecule has 0 aliphatic carbocycles. The molecule has 20 heavy (non-hydrogen) atoms. The van der Waals surface area contributed by atoms with E-state index in [-0.39, 0.29) is 11.3 Å². The molecule has 2 rings (SSSR count). The van der Waals surface area contributed by atoms with Crippen molar-refractivity contribution in [2.45, 2.75) is 46.5 Å². The molecule has 1 saturated heterocycles. The normalized spacial score (nSPS) is 16.1. The van der Waals surface area contributed by atoms with Crippen molar-refractivity contribution in [1.82, 2.24) is 0 Å². The van der Waals surface area contributed by atoms with Crippen LogP contribution in [0.15, 0.2) is 24.3 Å². The van der Waals surface area contributed by atoms with Gasteiger partial charge in [-0.05, 0) is 36.8 Å². The summed E-state index contributed by atoms with van der Waals surface area (Å²) in [7, 11) is 0. The molecule has 0 unspecified atom stereocenters. The van der Waals surface area contributed by atoms with E-state index < -0.39 is 0 Å². The molecule has 0 bridgehead atoms. The van der Waals surface area contributed by atoms with Gasteiger partial charge in [-0.25, -0.2) is 0 Å². The largest absolute Gasteiger partial charge is 0.370 e. The maximum Gasteiger partial charge on any atom is 0.224 e. The summed E-state index contributed by atoms with van der Waals surface area (Å²) in [6.45, 7) is 8.44. The molecule has 0 atom stereocenters. The number of benzene rings is 1. The second-order valence-electron chi connectivity index (χ2n) is 6.85. The van der Waals surface area contributed by atoms with E-state index in [1.165, 1.54) is 19.3 Å². The highest BCUT2D eigenvalue weighted by Crippen LogP contribution is 2.29. The molecule has 0 radical (unpaired) electrons. The Labute approximate surface area is 122 Å². The summed E-state index contributed by atoms with van der Waals surface area (Å²) < 4.78 is 0. The summed E-state index contributed by atoms with van der Waals surface area (Å²) in [5, 5.41) is 3.08. The zero-order chi connectivity index (χ0) is 14.6. The third-order valence-corrected chi connectivity index (χ3v) is 3.57. The van der Waals surface area contributed by atoms with Crippen LogP contribution in [0.25, 0.3) is 0 Å². The minimum absolute atomic E-state index is 0.0180. The van der Waals surface area contributed by atoms with Gasteiger partial charge in [-0.2, -0.15) is 0 Å². The Bertz CT molecular complexity index is 456. The van der Waals surface area contributed by atoms with Crippen LogP contribution in [0, 0.1) is 5.41 Å². The highest BCUT2D eigenvalue weighted by atomic mass is 16.1. The van der Waals surface area contributed by atoms with Crippen LogP contribution in [0.5, 0.6) is 0 Å². The van der Waals surface area contributed by atoms with Crippen LogP contribution >= 0.6 is 0 Å². The predicted molar refractivity (Wildman–Crippen MR) is 85.2 cm³/mol. The Balaban J connectivity index is 2.09. The second kappa shape index (κ2) is 6.29. The Morgan fingerprint density at radius 3 is 2.45 bits per heavy atom. The monoisotopic (exact) mass is 274 g/mol. The van der Waals surface area contributed by atoms with Gasteiger partial charge >= 0.3 is 0 Å². The number of nitrogens with zero attached hydrogens (tertiary/aromatic N) is 1. The molecule has 1 aliphatic rings. The van der Waals surface area contributed by atoms with Gasteiger partial charge in [-0.15, -0.1) is 0 Å². The summed E-state index contributed by atoms with van der Waals surface area (Å²) in [5.74, 6) is 0.0990. The van der Waals surface area contributed by atoms with Crippen LogP contribution < -0.4 is 10.2 Å². The third kappa shape index (κ3) is 4.26. The zero-order valence-electron chi connectivity index (χ0n) is 12.9. The molecule has 3 nitrogen and oxygen atoms in total. The smallest absolute Gasteiger partial charge is 0.224 e. The van der Waals surface area contributed by atoms with Crippen LogP contribution in [0.4, 0.5) is 11.4 Å². The van der Waals surface area contributed by atoms with E-state index in [2.05, 4.69) is 37.1 Å². The quantitative estimate of drug-likeness (QED) is 0.901. The lowest BCUT2D eigenvalue weighted by atomic mass is 9.92. The van der Waals surface area contributed by atoms with Crippen LogP contribution in [0.1, 0.15) is 46.5 Å². The van der Waals surface area contributed by atoms with Crippen molar-refractivity contribution in [2.75, 3.05) is 23.3 Å². The summed E-state index contributed by atoms with van der Waals surface area (Å²) >= 11 is 0. The summed E-state index contributed by atoms with van der Waals surface area (Å²) in [4.78, 5) is 14.5. The number of para-hydroxylation sites is 2. The molecule has 1 N–H and O–H groups in total. The Morgan fingerprint density at radius 1 is 1.15 bits per heavy atom. The summed E-state index contributed by atoms with van der Waals surface area (Å²) in [6, 6.07) is 8.14. The summed E-state index contributed by atoms with van der Waals surface area (Å²) in [6.07, 6.45) is 4.34. The third-order valence-electron chi connectivity index (χ3n) is 3.57. The molecule has 0 spiro atoms. The standard InChI is InChI=1S/C17H26N2O/c1-17(2,3)13-16(20)18-14-9-5-6-10-15(14)19-11-7-4-8-12-19/h5-6,9-10H,4,7-8,11-13H2,1-3H3,(H,18,20). The maximum absolute atomic E-state index is 12.1. The maximum atomic E-state index is 12.1. The molecule has 1 fully saturated rings. The van der Waals surface area contributed by atoms with E-state index in [4.69, 9.17) is 0 Å². The molecule has 110 valence electrons. The van der Waals surface area contributed by atoms with Gasteiger partial charge in [0, 0.05) is 19.5 Å². The van der Waals surface area contributed by atoms with Crippen molar-refractivity contribution < 1.29 is 4.79 Å². The lowest BCUT2D eigenvalue weighted by Crippen LogP contribution is -2.30. The SMILES string of the molecule is CC(C)(C)CC(=O)Nc1ccccc1N1CCCCC1. The molecule has 1 aromatic carbocycles. The topological polar surface area (TPSA) is 32.3 Å². The van der Waals surface area contributed by atoms with Gasteiger partial charge in [-0.1, -0.05) is 32.9 Å². The first-order chi connectivity index (χ1) is 9.46. The fraction of sp³-hybridized carbons (Fsp3) is 0.588. The van der Waals surface area contributed by atoms with Crippen LogP contribution in [-0.2, 0) is 4.79 Å². The van der Waals surface area contributed by atoms with Crippen molar-refractivity contribution in [3.8, 4) is 0 Å². The predicted octanol–water partition coefficient (Wildman–Crippen LogP) is 4.05. The molecular formula is C17H26N2O. The Morgan fingerprint density at radius 2 is 1.80 bits per heavy atom. The van der Waals surface area contributed by atoms with E-state index in [0.717, 1.165) is 24.5 Å². The number of hydrogen-bond donors (Lipinski definition) is 1. The number of carbonyl (C=O) groups excluding carboxylic acids is 1. The molecular weight excluding hydrogens is 248 g/mol. The lowest BCUT2D eigenvalue weighted by Gasteiger charge is -2.30. The number of hydrogen-bond acceptors (Lipinski definition) is 2. The van der Waals surface area contributed by atoms with Crippen LogP contribution in [-0.4, -0.2) is 19.0 Å². The number of piperidine rings is 1. The van der Waals surface area contributed by atoms with Gasteiger partial charge in [0.25, 0.3) is 0 Å². The van der Waals surface area contributed by atoms with Crippen molar-refractivity contribution >= 4 is 17.3 Å². The van der Waals surface area contributed by atoms with Gasteiger partial charge in [0.1, 0.15) is 0 Å². The van der Waals surface area contributed by atoms with Gasteiger partial charge in [0.2, 0.25) is 5.91 Å². The molecule has 3 heteroatoms. The van der Waals surface area contributed by atoms with Gasteiger partial charge in [0.15, 0.2) is 0 Å². The zero-order valence-corrected chi connectivity index (χ0v) is 12.9. The number of rotatable bonds is 3. The first-order valence-corrected chi connectivity index (χ1v) is 7.59. The molecule has 1 aromatic rings. The fourth-order valence-electron chi connectivity index (χ4n) is 2.67. The first-order valence-electron chi connectivity index (χ1n) is 7.59. The van der Waals surface area contributed by atoms with Crippen molar-refractivity contribution in [3.05, 3.63) is 24.3 Å². The molecule has 1 aliphatic heterocycles. The van der Waals surface area contributed by atoms with Crippen molar-refractivity contribution in [1.29, 1.82) is 0 Å². The van der Waals surface area contributed by atoms with Gasteiger partial charge in [0.05, 0.1) is 11.4 Å². The van der Waals surface area contributed by atoms with E-state index in [9.17, 15) is 4.79 Å². The Kier molecular flexibility index (Phi) is 4.69. The molecule has 1 heterocycles. The first kappa shape index (κ1) is 14.9. The lowest BCUT2D eigenvalue weighted by molar-refractivity contribution is -0.117. The average molecular weight is 274 g/mol. The highest BCUT2D eigenvalue weighted by molar-refractivity contribution is 5.94. The van der Waals surface area contributed by atoms with E-state index >= 15 is 0 Å². The van der Waals surface area contributed by atoms with Crippen LogP contribution in [0.2, 0.25) is 0 Å². The van der Waals surface area contributed by atoms with Gasteiger partial charge < -0.3 is 10.2 Å². The van der Waals surface area contributed by atoms with E-state index in [0.29, 0.717) is 6.42 Å². The number of anilines is 2. The number of nitrogens with one attached hydrogen (secondary N) is 1. The van der Waals surface area contributed by atoms with Crippen molar-refractivity contribution in [2.24, 2.45) is 5.41 Å². The second-order valence-corrected chi connectivity index (χ2v) is 6.85. The molecule has 0 saturated carbocycles. The highest BCUT2D eigenvalue weighted by Gasteiger charge is 2.19.